The zero-order chi connectivity index (χ0) is 8.04. The smallest absolute Gasteiger partial charge is 0.0841 e. The summed E-state index contributed by atoms with van der Waals surface area (Å²) in [6.07, 6.45) is 0. The Morgan fingerprint density at radius 2 is 2.20 bits per heavy atom. The van der Waals surface area contributed by atoms with Crippen molar-refractivity contribution < 1.29 is 5.11 Å². The third-order valence-corrected chi connectivity index (χ3v) is 1.24. The van der Waals surface area contributed by atoms with Crippen molar-refractivity contribution in [2.45, 2.75) is 13.8 Å². The Kier molecular flexibility index (Phi) is 4.01. The highest BCUT2D eigenvalue weighted by Gasteiger charge is 2.14. The highest BCUT2D eigenvalue weighted by Crippen LogP contribution is 2.10. The maximum atomic E-state index is 8.77. The molecule has 0 fully saturated rings. The van der Waals surface area contributed by atoms with E-state index in [-0.39, 0.29) is 12.0 Å². The Labute approximate surface area is 61.7 Å². The molecule has 3 nitrogen and oxygen atoms in total. The van der Waals surface area contributed by atoms with Crippen LogP contribution in [0.25, 0.3) is 0 Å². The quantitative estimate of drug-likeness (QED) is 0.433. The minimum atomic E-state index is -0.114. The van der Waals surface area contributed by atoms with Crippen molar-refractivity contribution in [1.82, 2.24) is 5.32 Å². The van der Waals surface area contributed by atoms with Crippen LogP contribution in [0.15, 0.2) is 0 Å². The number of hydrogen-bond acceptors (Lipinski definition) is 3. The van der Waals surface area contributed by atoms with E-state index in [2.05, 4.69) is 5.32 Å². The lowest BCUT2D eigenvalue weighted by molar-refractivity contribution is 0.158. The Morgan fingerprint density at radius 1 is 1.60 bits per heavy atom. The van der Waals surface area contributed by atoms with Crippen molar-refractivity contribution in [1.29, 1.82) is 5.26 Å². The largest absolute Gasteiger partial charge is 0.396 e. The Hall–Kier alpha value is -0.590. The standard InChI is InChI=1S/C7H14N2O/c1-7(2,6-10)5-9-4-3-8/h9-10H,4-6H2,1-2H3. The van der Waals surface area contributed by atoms with Gasteiger partial charge in [-0.2, -0.15) is 5.26 Å². The Balaban J connectivity index is 3.39. The summed E-state index contributed by atoms with van der Waals surface area (Å²) in [5, 5.41) is 19.8. The van der Waals surface area contributed by atoms with Crippen molar-refractivity contribution in [3.05, 3.63) is 0 Å². The second kappa shape index (κ2) is 4.26. The molecule has 0 aromatic rings. The normalized spacial score (nSPS) is 11.0. The van der Waals surface area contributed by atoms with Gasteiger partial charge in [0.25, 0.3) is 0 Å². The molecule has 0 radical (unpaired) electrons. The van der Waals surface area contributed by atoms with Gasteiger partial charge >= 0.3 is 0 Å². The van der Waals surface area contributed by atoms with Gasteiger partial charge in [-0.1, -0.05) is 13.8 Å². The van der Waals surface area contributed by atoms with Crippen LogP contribution in [0.4, 0.5) is 0 Å². The minimum Gasteiger partial charge on any atom is -0.396 e. The molecule has 0 aromatic heterocycles. The topological polar surface area (TPSA) is 56.0 Å². The molecule has 0 aliphatic carbocycles. The summed E-state index contributed by atoms with van der Waals surface area (Å²) in [4.78, 5) is 0. The molecule has 0 heterocycles. The zero-order valence-electron chi connectivity index (χ0n) is 6.52. The molecular weight excluding hydrogens is 128 g/mol. The van der Waals surface area contributed by atoms with E-state index in [1.807, 2.05) is 19.9 Å². The van der Waals surface area contributed by atoms with Crippen LogP contribution >= 0.6 is 0 Å². The van der Waals surface area contributed by atoms with Gasteiger partial charge in [-0.3, -0.25) is 0 Å². The lowest BCUT2D eigenvalue weighted by Gasteiger charge is -2.20. The van der Waals surface area contributed by atoms with Crippen molar-refractivity contribution >= 4 is 0 Å². The van der Waals surface area contributed by atoms with Gasteiger partial charge in [0.05, 0.1) is 12.6 Å². The van der Waals surface area contributed by atoms with Crippen molar-refractivity contribution in [2.75, 3.05) is 19.7 Å². The number of aliphatic hydroxyl groups is 1. The highest BCUT2D eigenvalue weighted by molar-refractivity contribution is 4.77. The van der Waals surface area contributed by atoms with Crippen molar-refractivity contribution in [3.63, 3.8) is 0 Å². The zero-order valence-corrected chi connectivity index (χ0v) is 6.52. The molecule has 0 amide bonds. The van der Waals surface area contributed by atoms with E-state index < -0.39 is 0 Å². The first kappa shape index (κ1) is 9.41. The molecular formula is C7H14N2O. The molecule has 0 aromatic carbocycles. The molecule has 0 saturated carbocycles. The molecule has 58 valence electrons. The summed E-state index contributed by atoms with van der Waals surface area (Å²) in [5.41, 5.74) is -0.114. The predicted molar refractivity (Wildman–Crippen MR) is 39.3 cm³/mol. The second-order valence-electron chi connectivity index (χ2n) is 3.08. The van der Waals surface area contributed by atoms with E-state index in [0.717, 1.165) is 0 Å². The summed E-state index contributed by atoms with van der Waals surface area (Å²) in [6.45, 7) is 5.06. The lowest BCUT2D eigenvalue weighted by Crippen LogP contribution is -2.32. The summed E-state index contributed by atoms with van der Waals surface area (Å²) in [5.74, 6) is 0. The maximum Gasteiger partial charge on any atom is 0.0841 e. The molecule has 0 aliphatic rings. The summed E-state index contributed by atoms with van der Waals surface area (Å²) < 4.78 is 0. The van der Waals surface area contributed by atoms with E-state index >= 15 is 0 Å². The van der Waals surface area contributed by atoms with Crippen molar-refractivity contribution in [3.8, 4) is 6.07 Å². The van der Waals surface area contributed by atoms with Crippen LogP contribution in [0.3, 0.4) is 0 Å². The summed E-state index contributed by atoms with van der Waals surface area (Å²) >= 11 is 0. The van der Waals surface area contributed by atoms with E-state index in [0.29, 0.717) is 13.1 Å². The van der Waals surface area contributed by atoms with Crippen LogP contribution in [0.5, 0.6) is 0 Å². The van der Waals surface area contributed by atoms with E-state index in [4.69, 9.17) is 10.4 Å². The fourth-order valence-corrected chi connectivity index (χ4v) is 0.513. The summed E-state index contributed by atoms with van der Waals surface area (Å²) in [6, 6.07) is 1.97. The molecule has 0 unspecified atom stereocenters. The first-order valence-electron chi connectivity index (χ1n) is 3.31. The SMILES string of the molecule is CC(C)(CO)CNCC#N. The molecule has 10 heavy (non-hydrogen) atoms. The number of hydrogen-bond donors (Lipinski definition) is 2. The first-order valence-corrected chi connectivity index (χ1v) is 3.31. The monoisotopic (exact) mass is 142 g/mol. The fourth-order valence-electron chi connectivity index (χ4n) is 0.513. The van der Waals surface area contributed by atoms with Gasteiger partial charge < -0.3 is 10.4 Å². The first-order chi connectivity index (χ1) is 4.62. The van der Waals surface area contributed by atoms with Gasteiger partial charge in [0.15, 0.2) is 0 Å². The van der Waals surface area contributed by atoms with E-state index in [9.17, 15) is 0 Å². The number of rotatable bonds is 4. The predicted octanol–water partition coefficient (Wildman–Crippen LogP) is 0.118. The van der Waals surface area contributed by atoms with Gasteiger partial charge in [-0.05, 0) is 0 Å². The van der Waals surface area contributed by atoms with E-state index in [1.54, 1.807) is 0 Å². The van der Waals surface area contributed by atoms with Crippen LogP contribution < -0.4 is 5.32 Å². The van der Waals surface area contributed by atoms with Crippen LogP contribution in [0, 0.1) is 16.7 Å². The number of nitrogens with zero attached hydrogens (tertiary/aromatic N) is 1. The van der Waals surface area contributed by atoms with Gasteiger partial charge in [-0.15, -0.1) is 0 Å². The van der Waals surface area contributed by atoms with Crippen LogP contribution in [0.2, 0.25) is 0 Å². The highest BCUT2D eigenvalue weighted by atomic mass is 16.3. The molecule has 0 rings (SSSR count). The lowest BCUT2D eigenvalue weighted by atomic mass is 9.95. The molecule has 0 spiro atoms. The Morgan fingerprint density at radius 3 is 2.60 bits per heavy atom. The molecule has 0 aliphatic heterocycles. The van der Waals surface area contributed by atoms with Crippen LogP contribution in [-0.2, 0) is 0 Å². The third kappa shape index (κ3) is 4.30. The van der Waals surface area contributed by atoms with Gasteiger partial charge in [0.1, 0.15) is 0 Å². The second-order valence-corrected chi connectivity index (χ2v) is 3.08. The number of aliphatic hydroxyl groups excluding tert-OH is 1. The van der Waals surface area contributed by atoms with Gasteiger partial charge in [0, 0.05) is 18.6 Å². The molecule has 0 bridgehead atoms. The van der Waals surface area contributed by atoms with Gasteiger partial charge in [0.2, 0.25) is 0 Å². The fraction of sp³-hybridized carbons (Fsp3) is 0.857. The average molecular weight is 142 g/mol. The number of nitriles is 1. The molecule has 3 heteroatoms. The average Bonchev–Trinajstić information content (AvgIpc) is 1.89. The third-order valence-electron chi connectivity index (χ3n) is 1.24. The van der Waals surface area contributed by atoms with Crippen molar-refractivity contribution in [2.24, 2.45) is 5.41 Å². The van der Waals surface area contributed by atoms with Crippen LogP contribution in [-0.4, -0.2) is 24.8 Å². The number of nitrogens with one attached hydrogen (secondary N) is 1. The molecule has 0 saturated heterocycles. The van der Waals surface area contributed by atoms with Gasteiger partial charge in [-0.25, -0.2) is 0 Å². The Bertz CT molecular complexity index is 126. The maximum absolute atomic E-state index is 8.77. The molecule has 0 atom stereocenters. The molecule has 2 N–H and O–H groups in total. The summed E-state index contributed by atoms with van der Waals surface area (Å²) in [7, 11) is 0. The van der Waals surface area contributed by atoms with E-state index in [1.165, 1.54) is 0 Å². The minimum absolute atomic E-state index is 0.114. The van der Waals surface area contributed by atoms with Crippen LogP contribution in [0.1, 0.15) is 13.8 Å².